The second kappa shape index (κ2) is 6.33. The molecule has 0 amide bonds. The van der Waals surface area contributed by atoms with Crippen LogP contribution in [0.3, 0.4) is 0 Å². The molecule has 20 heavy (non-hydrogen) atoms. The highest BCUT2D eigenvalue weighted by atomic mass is 79.9. The molecular formula is C13H11BrN2O4. The predicted molar refractivity (Wildman–Crippen MR) is 75.9 cm³/mol. The Bertz CT molecular complexity index is 634. The van der Waals surface area contributed by atoms with Gasteiger partial charge in [0.1, 0.15) is 17.0 Å². The number of ether oxygens (including phenoxy) is 2. The van der Waals surface area contributed by atoms with Crippen LogP contribution in [0.4, 0.5) is 5.69 Å². The van der Waals surface area contributed by atoms with E-state index in [1.54, 1.807) is 24.4 Å². The quantitative estimate of drug-likeness (QED) is 0.474. The number of rotatable bonds is 5. The third-order valence-corrected chi connectivity index (χ3v) is 3.18. The normalized spacial score (nSPS) is 10.1. The Morgan fingerprint density at radius 1 is 1.35 bits per heavy atom. The lowest BCUT2D eigenvalue weighted by Gasteiger charge is -2.10. The van der Waals surface area contributed by atoms with E-state index >= 15 is 0 Å². The summed E-state index contributed by atoms with van der Waals surface area (Å²) in [5.74, 6) is 1.09. The number of nitro benzene ring substituents is 1. The molecular weight excluding hydrogens is 328 g/mol. The van der Waals surface area contributed by atoms with Gasteiger partial charge in [-0.2, -0.15) is 0 Å². The number of halogens is 1. The smallest absolute Gasteiger partial charge is 0.270 e. The van der Waals surface area contributed by atoms with E-state index in [1.165, 1.54) is 19.2 Å². The fraction of sp³-hybridized carbons (Fsp3) is 0.154. The molecule has 1 aromatic heterocycles. The molecule has 2 rings (SSSR count). The van der Waals surface area contributed by atoms with Crippen LogP contribution >= 0.6 is 15.9 Å². The number of non-ortho nitro benzene ring substituents is 1. The average Bonchev–Trinajstić information content (AvgIpc) is 2.46. The van der Waals surface area contributed by atoms with Gasteiger partial charge in [0.15, 0.2) is 5.75 Å². The van der Waals surface area contributed by atoms with Gasteiger partial charge in [-0.3, -0.25) is 10.1 Å². The lowest BCUT2D eigenvalue weighted by atomic mass is 10.2. The highest BCUT2D eigenvalue weighted by molar-refractivity contribution is 9.10. The van der Waals surface area contributed by atoms with Gasteiger partial charge < -0.3 is 9.47 Å². The molecule has 0 saturated carbocycles. The maximum absolute atomic E-state index is 10.8. The summed E-state index contributed by atoms with van der Waals surface area (Å²) >= 11 is 3.27. The van der Waals surface area contributed by atoms with Gasteiger partial charge in [0.05, 0.1) is 12.0 Å². The van der Waals surface area contributed by atoms with Crippen LogP contribution in [0.15, 0.2) is 41.1 Å². The van der Waals surface area contributed by atoms with Crippen molar-refractivity contribution in [3.8, 4) is 11.5 Å². The van der Waals surface area contributed by atoms with Crippen molar-refractivity contribution >= 4 is 21.6 Å². The first kappa shape index (κ1) is 14.3. The molecule has 0 aliphatic rings. The molecule has 0 N–H and O–H groups in total. The van der Waals surface area contributed by atoms with Crippen molar-refractivity contribution in [3.05, 3.63) is 56.8 Å². The van der Waals surface area contributed by atoms with E-state index in [4.69, 9.17) is 9.47 Å². The van der Waals surface area contributed by atoms with E-state index in [0.29, 0.717) is 21.7 Å². The number of methoxy groups -OCH3 is 1. The maximum Gasteiger partial charge on any atom is 0.270 e. The SMILES string of the molecule is COc1ccc([N+](=O)[O-])cc1COc1cccnc1Br. The molecule has 0 spiro atoms. The van der Waals surface area contributed by atoms with Crippen molar-refractivity contribution < 1.29 is 14.4 Å². The van der Waals surface area contributed by atoms with Gasteiger partial charge in [-0.05, 0) is 34.1 Å². The van der Waals surface area contributed by atoms with Crippen molar-refractivity contribution in [1.82, 2.24) is 4.98 Å². The summed E-state index contributed by atoms with van der Waals surface area (Å²) in [6.45, 7) is 0.148. The zero-order valence-electron chi connectivity index (χ0n) is 10.6. The van der Waals surface area contributed by atoms with E-state index in [0.717, 1.165) is 0 Å². The van der Waals surface area contributed by atoms with Crippen molar-refractivity contribution in [2.75, 3.05) is 7.11 Å². The van der Waals surface area contributed by atoms with Crippen molar-refractivity contribution in [2.24, 2.45) is 0 Å². The number of aromatic nitrogens is 1. The third kappa shape index (κ3) is 3.24. The number of nitro groups is 1. The van der Waals surface area contributed by atoms with Crippen LogP contribution in [0.1, 0.15) is 5.56 Å². The average molecular weight is 339 g/mol. The topological polar surface area (TPSA) is 74.5 Å². The van der Waals surface area contributed by atoms with Gasteiger partial charge in [-0.1, -0.05) is 0 Å². The molecule has 0 unspecified atom stereocenters. The van der Waals surface area contributed by atoms with Crippen LogP contribution in [0.2, 0.25) is 0 Å². The molecule has 7 heteroatoms. The van der Waals surface area contributed by atoms with Gasteiger partial charge in [0.2, 0.25) is 0 Å². The lowest BCUT2D eigenvalue weighted by Crippen LogP contribution is -2.01. The molecule has 0 radical (unpaired) electrons. The van der Waals surface area contributed by atoms with Gasteiger partial charge >= 0.3 is 0 Å². The molecule has 0 aliphatic carbocycles. The molecule has 104 valence electrons. The summed E-state index contributed by atoms with van der Waals surface area (Å²) in [7, 11) is 1.50. The summed E-state index contributed by atoms with van der Waals surface area (Å²) in [5.41, 5.74) is 0.590. The number of nitrogens with zero attached hydrogens (tertiary/aromatic N) is 2. The van der Waals surface area contributed by atoms with Gasteiger partial charge in [0.25, 0.3) is 5.69 Å². The third-order valence-electron chi connectivity index (χ3n) is 2.58. The largest absolute Gasteiger partial charge is 0.496 e. The van der Waals surface area contributed by atoms with Gasteiger partial charge in [-0.15, -0.1) is 0 Å². The number of hydrogen-bond acceptors (Lipinski definition) is 5. The second-order valence-electron chi connectivity index (χ2n) is 3.83. The fourth-order valence-corrected chi connectivity index (χ4v) is 1.99. The Morgan fingerprint density at radius 3 is 2.80 bits per heavy atom. The minimum absolute atomic E-state index is 0.00495. The molecule has 0 aliphatic heterocycles. The molecule has 1 heterocycles. The summed E-state index contributed by atoms with van der Waals surface area (Å²) in [6, 6.07) is 7.87. The minimum Gasteiger partial charge on any atom is -0.496 e. The Balaban J connectivity index is 2.22. The molecule has 0 saturated heterocycles. The van der Waals surface area contributed by atoms with Crippen molar-refractivity contribution in [1.29, 1.82) is 0 Å². The molecule has 0 bridgehead atoms. The first-order valence-corrected chi connectivity index (χ1v) is 6.45. The molecule has 0 atom stereocenters. The van der Waals surface area contributed by atoms with Crippen LogP contribution in [0.25, 0.3) is 0 Å². The summed E-state index contributed by atoms with van der Waals surface area (Å²) < 4.78 is 11.3. The Kier molecular flexibility index (Phi) is 4.52. The predicted octanol–water partition coefficient (Wildman–Crippen LogP) is 3.34. The van der Waals surface area contributed by atoms with Crippen LogP contribution in [0.5, 0.6) is 11.5 Å². The number of benzene rings is 1. The number of hydrogen-bond donors (Lipinski definition) is 0. The lowest BCUT2D eigenvalue weighted by molar-refractivity contribution is -0.385. The van der Waals surface area contributed by atoms with Crippen LogP contribution in [0, 0.1) is 10.1 Å². The van der Waals surface area contributed by atoms with Crippen LogP contribution in [-0.4, -0.2) is 17.0 Å². The van der Waals surface area contributed by atoms with Crippen molar-refractivity contribution in [3.63, 3.8) is 0 Å². The van der Waals surface area contributed by atoms with E-state index in [9.17, 15) is 10.1 Å². The fourth-order valence-electron chi connectivity index (χ4n) is 1.63. The first-order valence-electron chi connectivity index (χ1n) is 5.66. The molecule has 6 nitrogen and oxygen atoms in total. The van der Waals surface area contributed by atoms with E-state index in [2.05, 4.69) is 20.9 Å². The van der Waals surface area contributed by atoms with Gasteiger partial charge in [0, 0.05) is 23.9 Å². The second-order valence-corrected chi connectivity index (χ2v) is 4.59. The van der Waals surface area contributed by atoms with Crippen LogP contribution < -0.4 is 9.47 Å². The maximum atomic E-state index is 10.8. The molecule has 1 aromatic carbocycles. The summed E-state index contributed by atoms with van der Waals surface area (Å²) in [4.78, 5) is 14.4. The Labute approximate surface area is 123 Å². The van der Waals surface area contributed by atoms with Crippen LogP contribution in [-0.2, 0) is 6.61 Å². The van der Waals surface area contributed by atoms with E-state index < -0.39 is 4.92 Å². The zero-order valence-corrected chi connectivity index (χ0v) is 12.2. The molecule has 2 aromatic rings. The summed E-state index contributed by atoms with van der Waals surface area (Å²) in [6.07, 6.45) is 1.63. The van der Waals surface area contributed by atoms with Gasteiger partial charge in [-0.25, -0.2) is 4.98 Å². The Morgan fingerprint density at radius 2 is 2.15 bits per heavy atom. The first-order chi connectivity index (χ1) is 9.61. The Hall–Kier alpha value is -2.15. The molecule has 0 fully saturated rings. The zero-order chi connectivity index (χ0) is 14.5. The highest BCUT2D eigenvalue weighted by Gasteiger charge is 2.12. The summed E-state index contributed by atoms with van der Waals surface area (Å²) in [5, 5.41) is 10.8. The van der Waals surface area contributed by atoms with E-state index in [1.807, 2.05) is 0 Å². The monoisotopic (exact) mass is 338 g/mol. The number of pyridine rings is 1. The van der Waals surface area contributed by atoms with E-state index in [-0.39, 0.29) is 12.3 Å². The standard InChI is InChI=1S/C13H11BrN2O4/c1-19-11-5-4-10(16(17)18)7-9(11)8-20-12-3-2-6-15-13(12)14/h2-7H,8H2,1H3. The van der Waals surface area contributed by atoms with Crippen molar-refractivity contribution in [2.45, 2.75) is 6.61 Å². The highest BCUT2D eigenvalue weighted by Crippen LogP contribution is 2.27. The minimum atomic E-state index is -0.455.